The van der Waals surface area contributed by atoms with Crippen LogP contribution in [0.25, 0.3) is 0 Å². The normalized spacial score (nSPS) is 11.9. The highest BCUT2D eigenvalue weighted by Crippen LogP contribution is 2.20. The van der Waals surface area contributed by atoms with Gasteiger partial charge >= 0.3 is 0 Å². The Morgan fingerprint density at radius 1 is 1.25 bits per heavy atom. The second kappa shape index (κ2) is 6.99. The van der Waals surface area contributed by atoms with Crippen molar-refractivity contribution in [2.75, 3.05) is 5.32 Å². The topological polar surface area (TPSA) is 72.7 Å². The van der Waals surface area contributed by atoms with Crippen molar-refractivity contribution in [2.45, 2.75) is 19.4 Å². The molecule has 3 rings (SSSR count). The van der Waals surface area contributed by atoms with Crippen molar-refractivity contribution >= 4 is 11.6 Å². The maximum Gasteiger partial charge on any atom is 0.249 e. The van der Waals surface area contributed by atoms with E-state index in [0.717, 1.165) is 11.1 Å². The number of benzene rings is 2. The van der Waals surface area contributed by atoms with E-state index in [1.54, 1.807) is 13.0 Å². The number of anilines is 1. The predicted octanol–water partition coefficient (Wildman–Crippen LogP) is 2.54. The van der Waals surface area contributed by atoms with Gasteiger partial charge in [-0.25, -0.2) is 9.07 Å². The summed E-state index contributed by atoms with van der Waals surface area (Å²) in [5.41, 5.74) is 2.19. The van der Waals surface area contributed by atoms with Crippen LogP contribution in [0.4, 0.5) is 10.1 Å². The number of amides is 1. The number of carbonyl (C=O) groups is 1. The quantitative estimate of drug-likeness (QED) is 0.782. The summed E-state index contributed by atoms with van der Waals surface area (Å²) >= 11 is 0. The summed E-state index contributed by atoms with van der Waals surface area (Å²) in [7, 11) is 0. The van der Waals surface area contributed by atoms with Crippen molar-refractivity contribution < 1.29 is 9.18 Å². The number of carbonyl (C=O) groups excluding carboxylic acids is 1. The van der Waals surface area contributed by atoms with Crippen LogP contribution >= 0.6 is 0 Å². The lowest BCUT2D eigenvalue weighted by molar-refractivity contribution is -0.119. The highest BCUT2D eigenvalue weighted by atomic mass is 19.1. The lowest BCUT2D eigenvalue weighted by atomic mass is 10.1. The molecule has 6 nitrogen and oxygen atoms in total. The SMILES string of the molecule is Cc1ccc(F)cc1NC(=O)C(Cc1ccccc1)n1cnnn1. The summed E-state index contributed by atoms with van der Waals surface area (Å²) in [4.78, 5) is 12.7. The fourth-order valence-corrected chi connectivity index (χ4v) is 2.40. The molecule has 0 aliphatic heterocycles. The van der Waals surface area contributed by atoms with E-state index < -0.39 is 11.9 Å². The number of nitrogens with zero attached hydrogens (tertiary/aromatic N) is 4. The average molecular weight is 325 g/mol. The van der Waals surface area contributed by atoms with Gasteiger partial charge in [0.1, 0.15) is 18.2 Å². The minimum Gasteiger partial charge on any atom is -0.324 e. The molecule has 7 heteroatoms. The van der Waals surface area contributed by atoms with Crippen LogP contribution < -0.4 is 5.32 Å². The Hall–Kier alpha value is -3.09. The third-order valence-electron chi connectivity index (χ3n) is 3.72. The molecule has 2 aromatic carbocycles. The molecule has 1 unspecified atom stereocenters. The van der Waals surface area contributed by atoms with E-state index in [1.807, 2.05) is 30.3 Å². The molecule has 0 radical (unpaired) electrons. The maximum absolute atomic E-state index is 13.4. The lowest BCUT2D eigenvalue weighted by Gasteiger charge is -2.17. The van der Waals surface area contributed by atoms with Gasteiger partial charge in [0.25, 0.3) is 0 Å². The van der Waals surface area contributed by atoms with Crippen LogP contribution in [0.2, 0.25) is 0 Å². The monoisotopic (exact) mass is 325 g/mol. The number of halogens is 1. The zero-order valence-electron chi connectivity index (χ0n) is 13.1. The highest BCUT2D eigenvalue weighted by molar-refractivity contribution is 5.94. The van der Waals surface area contributed by atoms with Crippen molar-refractivity contribution in [3.63, 3.8) is 0 Å². The minimum atomic E-state index is -0.634. The number of aryl methyl sites for hydroxylation is 1. The van der Waals surface area contributed by atoms with Gasteiger partial charge in [0.15, 0.2) is 0 Å². The number of rotatable bonds is 5. The first-order chi connectivity index (χ1) is 11.6. The molecule has 1 atom stereocenters. The Bertz CT molecular complexity index is 820. The number of aromatic nitrogens is 4. The first-order valence-electron chi connectivity index (χ1n) is 7.47. The van der Waals surface area contributed by atoms with E-state index in [2.05, 4.69) is 20.8 Å². The Balaban J connectivity index is 1.85. The molecule has 0 bridgehead atoms. The zero-order chi connectivity index (χ0) is 16.9. The average Bonchev–Trinajstić information content (AvgIpc) is 3.11. The van der Waals surface area contributed by atoms with Crippen molar-refractivity contribution in [1.82, 2.24) is 20.2 Å². The molecule has 1 N–H and O–H groups in total. The molecular weight excluding hydrogens is 309 g/mol. The first kappa shape index (κ1) is 15.8. The summed E-state index contributed by atoms with van der Waals surface area (Å²) in [5, 5.41) is 13.8. The Kier molecular flexibility index (Phi) is 4.60. The standard InChI is InChI=1S/C17H16FN5O/c1-12-7-8-14(18)10-15(12)20-17(24)16(23-11-19-21-22-23)9-13-5-3-2-4-6-13/h2-8,10-11,16H,9H2,1H3,(H,20,24). The van der Waals surface area contributed by atoms with Crippen LogP contribution in [-0.2, 0) is 11.2 Å². The maximum atomic E-state index is 13.4. The van der Waals surface area contributed by atoms with Crippen molar-refractivity contribution in [1.29, 1.82) is 0 Å². The summed E-state index contributed by atoms with van der Waals surface area (Å²) in [6.45, 7) is 1.80. The first-order valence-corrected chi connectivity index (χ1v) is 7.47. The van der Waals surface area contributed by atoms with Crippen LogP contribution in [0.15, 0.2) is 54.9 Å². The van der Waals surface area contributed by atoms with Gasteiger partial charge in [-0.2, -0.15) is 0 Å². The number of tetrazole rings is 1. The van der Waals surface area contributed by atoms with Crippen molar-refractivity contribution in [3.8, 4) is 0 Å². The highest BCUT2D eigenvalue weighted by Gasteiger charge is 2.23. The van der Waals surface area contributed by atoms with Crippen LogP contribution in [-0.4, -0.2) is 26.1 Å². The summed E-state index contributed by atoms with van der Waals surface area (Å²) in [5.74, 6) is -0.710. The molecule has 0 aliphatic carbocycles. The van der Waals surface area contributed by atoms with E-state index in [-0.39, 0.29) is 5.91 Å². The predicted molar refractivity (Wildman–Crippen MR) is 86.8 cm³/mol. The van der Waals surface area contributed by atoms with Gasteiger partial charge in [0.05, 0.1) is 0 Å². The third-order valence-corrected chi connectivity index (χ3v) is 3.72. The molecule has 3 aromatic rings. The number of nitrogens with one attached hydrogen (secondary N) is 1. The fourth-order valence-electron chi connectivity index (χ4n) is 2.40. The fraction of sp³-hybridized carbons (Fsp3) is 0.176. The van der Waals surface area contributed by atoms with Gasteiger partial charge in [0.2, 0.25) is 5.91 Å². The molecule has 0 aliphatic rings. The molecule has 1 aromatic heterocycles. The number of hydrogen-bond acceptors (Lipinski definition) is 4. The van der Waals surface area contributed by atoms with Gasteiger partial charge in [-0.15, -0.1) is 5.10 Å². The van der Waals surface area contributed by atoms with Crippen LogP contribution in [0, 0.1) is 12.7 Å². The van der Waals surface area contributed by atoms with E-state index in [1.165, 1.54) is 23.1 Å². The second-order valence-electron chi connectivity index (χ2n) is 5.44. The van der Waals surface area contributed by atoms with Gasteiger partial charge < -0.3 is 5.32 Å². The third kappa shape index (κ3) is 3.62. The van der Waals surface area contributed by atoms with Crippen molar-refractivity contribution in [2.24, 2.45) is 0 Å². The molecule has 0 saturated carbocycles. The lowest BCUT2D eigenvalue weighted by Crippen LogP contribution is -2.28. The molecule has 24 heavy (non-hydrogen) atoms. The Morgan fingerprint density at radius 3 is 2.75 bits per heavy atom. The summed E-state index contributed by atoms with van der Waals surface area (Å²) < 4.78 is 14.8. The molecule has 0 saturated heterocycles. The number of hydrogen-bond donors (Lipinski definition) is 1. The molecule has 0 fully saturated rings. The zero-order valence-corrected chi connectivity index (χ0v) is 13.1. The summed E-state index contributed by atoms with van der Waals surface area (Å²) in [6.07, 6.45) is 1.82. The van der Waals surface area contributed by atoms with E-state index in [4.69, 9.17) is 0 Å². The van der Waals surface area contributed by atoms with Crippen LogP contribution in [0.1, 0.15) is 17.2 Å². The Labute approximate surface area is 138 Å². The molecule has 122 valence electrons. The second-order valence-corrected chi connectivity index (χ2v) is 5.44. The molecule has 1 amide bonds. The van der Waals surface area contributed by atoms with Crippen molar-refractivity contribution in [3.05, 3.63) is 71.8 Å². The van der Waals surface area contributed by atoms with E-state index >= 15 is 0 Å². The Morgan fingerprint density at radius 2 is 2.04 bits per heavy atom. The van der Waals surface area contributed by atoms with Gasteiger partial charge in [-0.3, -0.25) is 4.79 Å². The molecule has 0 spiro atoms. The minimum absolute atomic E-state index is 0.306. The van der Waals surface area contributed by atoms with Gasteiger partial charge in [-0.05, 0) is 40.6 Å². The van der Waals surface area contributed by atoms with E-state index in [9.17, 15) is 9.18 Å². The summed E-state index contributed by atoms with van der Waals surface area (Å²) in [6, 6.07) is 13.2. The van der Waals surface area contributed by atoms with Gasteiger partial charge in [0, 0.05) is 12.1 Å². The smallest absolute Gasteiger partial charge is 0.249 e. The molecular formula is C17H16FN5O. The van der Waals surface area contributed by atoms with Crippen LogP contribution in [0.3, 0.4) is 0 Å². The molecule has 1 heterocycles. The van der Waals surface area contributed by atoms with Gasteiger partial charge in [-0.1, -0.05) is 36.4 Å². The largest absolute Gasteiger partial charge is 0.324 e. The van der Waals surface area contributed by atoms with Crippen LogP contribution in [0.5, 0.6) is 0 Å². The van der Waals surface area contributed by atoms with E-state index in [0.29, 0.717) is 12.1 Å².